The average Bonchev–Trinajstić information content (AvgIpc) is 2.68. The Hall–Kier alpha value is -2.04. The lowest BCUT2D eigenvalue weighted by atomic mass is 9.80. The first kappa shape index (κ1) is 17.8. The third-order valence-corrected chi connectivity index (χ3v) is 5.48. The highest BCUT2D eigenvalue weighted by Crippen LogP contribution is 2.32. The van der Waals surface area contributed by atoms with Crippen LogP contribution >= 0.6 is 0 Å². The first-order chi connectivity index (χ1) is 12.2. The van der Waals surface area contributed by atoms with Crippen molar-refractivity contribution in [2.75, 3.05) is 25.5 Å². The van der Waals surface area contributed by atoms with Gasteiger partial charge in [-0.3, -0.25) is 9.59 Å². The van der Waals surface area contributed by atoms with Crippen LogP contribution in [0.15, 0.2) is 24.3 Å². The summed E-state index contributed by atoms with van der Waals surface area (Å²) in [6.07, 6.45) is 6.69. The van der Waals surface area contributed by atoms with E-state index in [1.54, 1.807) is 7.11 Å². The second kappa shape index (κ2) is 8.37. The third kappa shape index (κ3) is 4.33. The molecule has 0 atom stereocenters. The standard InChI is InChI=1S/C20H28N2O3/c1-25-18-8-4-3-7-17(18)21-19(23)15-9-11-16(12-10-15)20(24)22-13-5-2-6-14-22/h3-4,7-8,15-16H,2,5-6,9-14H2,1H3,(H,21,23). The van der Waals surface area contributed by atoms with Crippen LogP contribution in [-0.2, 0) is 9.59 Å². The van der Waals surface area contributed by atoms with Crippen molar-refractivity contribution in [1.29, 1.82) is 0 Å². The van der Waals surface area contributed by atoms with E-state index >= 15 is 0 Å². The highest BCUT2D eigenvalue weighted by atomic mass is 16.5. The van der Waals surface area contributed by atoms with Crippen molar-refractivity contribution in [2.45, 2.75) is 44.9 Å². The van der Waals surface area contributed by atoms with Crippen LogP contribution in [0, 0.1) is 11.8 Å². The van der Waals surface area contributed by atoms with Crippen LogP contribution < -0.4 is 10.1 Å². The first-order valence-corrected chi connectivity index (χ1v) is 9.41. The molecule has 2 amide bonds. The zero-order valence-corrected chi connectivity index (χ0v) is 15.0. The predicted octanol–water partition coefficient (Wildman–Crippen LogP) is 3.45. The molecule has 1 N–H and O–H groups in total. The van der Waals surface area contributed by atoms with Crippen molar-refractivity contribution in [2.24, 2.45) is 11.8 Å². The molecule has 0 spiro atoms. The van der Waals surface area contributed by atoms with Gasteiger partial charge in [0.25, 0.3) is 0 Å². The molecule has 1 heterocycles. The lowest BCUT2D eigenvalue weighted by molar-refractivity contribution is -0.138. The summed E-state index contributed by atoms with van der Waals surface area (Å²) in [5.41, 5.74) is 0.710. The minimum atomic E-state index is -0.0182. The lowest BCUT2D eigenvalue weighted by Gasteiger charge is -2.33. The van der Waals surface area contributed by atoms with E-state index < -0.39 is 0 Å². The topological polar surface area (TPSA) is 58.6 Å². The lowest BCUT2D eigenvalue weighted by Crippen LogP contribution is -2.41. The van der Waals surface area contributed by atoms with Crippen molar-refractivity contribution in [1.82, 2.24) is 4.90 Å². The number of benzene rings is 1. The van der Waals surface area contributed by atoms with E-state index in [-0.39, 0.29) is 17.7 Å². The molecule has 1 saturated carbocycles. The van der Waals surface area contributed by atoms with Crippen molar-refractivity contribution >= 4 is 17.5 Å². The van der Waals surface area contributed by atoms with Gasteiger partial charge in [-0.25, -0.2) is 0 Å². The summed E-state index contributed by atoms with van der Waals surface area (Å²) in [5, 5.41) is 2.98. The van der Waals surface area contributed by atoms with E-state index in [9.17, 15) is 9.59 Å². The van der Waals surface area contributed by atoms with Gasteiger partial charge < -0.3 is 15.0 Å². The number of piperidine rings is 1. The number of carbonyl (C=O) groups excluding carboxylic acids is 2. The number of hydrogen-bond acceptors (Lipinski definition) is 3. The molecule has 1 aliphatic carbocycles. The summed E-state index contributed by atoms with van der Waals surface area (Å²) in [6, 6.07) is 7.45. The smallest absolute Gasteiger partial charge is 0.227 e. The summed E-state index contributed by atoms with van der Waals surface area (Å²) in [7, 11) is 1.60. The number of likely N-dealkylation sites (tertiary alicyclic amines) is 1. The van der Waals surface area contributed by atoms with Gasteiger partial charge in [-0.1, -0.05) is 12.1 Å². The van der Waals surface area contributed by atoms with E-state index in [1.165, 1.54) is 6.42 Å². The van der Waals surface area contributed by atoms with E-state index in [4.69, 9.17) is 4.74 Å². The molecule has 0 radical (unpaired) electrons. The molecular formula is C20H28N2O3. The molecule has 136 valence electrons. The number of nitrogens with zero attached hydrogens (tertiary/aromatic N) is 1. The summed E-state index contributed by atoms with van der Waals surface area (Å²) in [4.78, 5) is 27.2. The molecule has 0 unspecified atom stereocenters. The maximum Gasteiger partial charge on any atom is 0.227 e. The molecule has 0 aromatic heterocycles. The number of nitrogens with one attached hydrogen (secondary N) is 1. The number of anilines is 1. The van der Waals surface area contributed by atoms with Crippen LogP contribution in [0.4, 0.5) is 5.69 Å². The molecular weight excluding hydrogens is 316 g/mol. The van der Waals surface area contributed by atoms with Gasteiger partial charge in [-0.05, 0) is 57.1 Å². The van der Waals surface area contributed by atoms with Gasteiger partial charge in [0.05, 0.1) is 12.8 Å². The summed E-state index contributed by atoms with van der Waals surface area (Å²) in [5.74, 6) is 1.10. The largest absolute Gasteiger partial charge is 0.495 e. The minimum absolute atomic E-state index is 0.0182. The van der Waals surface area contributed by atoms with Crippen LogP contribution in [0.1, 0.15) is 44.9 Å². The second-order valence-corrected chi connectivity index (χ2v) is 7.12. The number of ether oxygens (including phenoxy) is 1. The van der Waals surface area contributed by atoms with Crippen LogP contribution in [0.25, 0.3) is 0 Å². The van der Waals surface area contributed by atoms with Crippen molar-refractivity contribution in [3.63, 3.8) is 0 Å². The summed E-state index contributed by atoms with van der Waals surface area (Å²) < 4.78 is 5.28. The highest BCUT2D eigenvalue weighted by molar-refractivity contribution is 5.94. The molecule has 1 aromatic carbocycles. The molecule has 0 bridgehead atoms. The zero-order valence-electron chi connectivity index (χ0n) is 15.0. The van der Waals surface area contributed by atoms with Gasteiger partial charge in [-0.15, -0.1) is 0 Å². The molecule has 5 nitrogen and oxygen atoms in total. The maximum absolute atomic E-state index is 12.6. The number of amides is 2. The SMILES string of the molecule is COc1ccccc1NC(=O)C1CCC(C(=O)N2CCCCC2)CC1. The van der Waals surface area contributed by atoms with Crippen molar-refractivity contribution < 1.29 is 14.3 Å². The quantitative estimate of drug-likeness (QED) is 0.910. The van der Waals surface area contributed by atoms with Crippen molar-refractivity contribution in [3.8, 4) is 5.75 Å². The number of methoxy groups -OCH3 is 1. The Labute approximate surface area is 149 Å². The number of para-hydroxylation sites is 2. The fourth-order valence-electron chi connectivity index (χ4n) is 3.96. The van der Waals surface area contributed by atoms with Crippen LogP contribution in [0.3, 0.4) is 0 Å². The Morgan fingerprint density at radius 2 is 1.64 bits per heavy atom. The molecule has 1 aromatic rings. The fraction of sp³-hybridized carbons (Fsp3) is 0.600. The van der Waals surface area contributed by atoms with Crippen LogP contribution in [-0.4, -0.2) is 36.9 Å². The first-order valence-electron chi connectivity index (χ1n) is 9.41. The average molecular weight is 344 g/mol. The van der Waals surface area contributed by atoms with Gasteiger partial charge in [0.15, 0.2) is 0 Å². The van der Waals surface area contributed by atoms with Crippen molar-refractivity contribution in [3.05, 3.63) is 24.3 Å². The number of carbonyl (C=O) groups is 2. The molecule has 5 heteroatoms. The molecule has 3 rings (SSSR count). The highest BCUT2D eigenvalue weighted by Gasteiger charge is 2.32. The van der Waals surface area contributed by atoms with Gasteiger partial charge in [0.1, 0.15) is 5.75 Å². The van der Waals surface area contributed by atoms with E-state index in [0.29, 0.717) is 17.3 Å². The summed E-state index contributed by atoms with van der Waals surface area (Å²) in [6.45, 7) is 1.82. The molecule has 2 aliphatic rings. The Balaban J connectivity index is 1.51. The Kier molecular flexibility index (Phi) is 5.95. The minimum Gasteiger partial charge on any atom is -0.495 e. The normalized spacial score (nSPS) is 23.8. The van der Waals surface area contributed by atoms with Gasteiger partial charge in [0.2, 0.25) is 11.8 Å². The third-order valence-electron chi connectivity index (χ3n) is 5.48. The van der Waals surface area contributed by atoms with Gasteiger partial charge in [0, 0.05) is 24.9 Å². The fourth-order valence-corrected chi connectivity index (χ4v) is 3.96. The Morgan fingerprint density at radius 3 is 2.32 bits per heavy atom. The maximum atomic E-state index is 12.6. The van der Waals surface area contributed by atoms with Crippen LogP contribution in [0.5, 0.6) is 5.75 Å². The monoisotopic (exact) mass is 344 g/mol. The molecule has 25 heavy (non-hydrogen) atoms. The van der Waals surface area contributed by atoms with E-state index in [0.717, 1.165) is 51.6 Å². The van der Waals surface area contributed by atoms with Gasteiger partial charge in [-0.2, -0.15) is 0 Å². The molecule has 2 fully saturated rings. The number of rotatable bonds is 4. The van der Waals surface area contributed by atoms with Gasteiger partial charge >= 0.3 is 0 Å². The Morgan fingerprint density at radius 1 is 1.00 bits per heavy atom. The summed E-state index contributed by atoms with van der Waals surface area (Å²) >= 11 is 0. The van der Waals surface area contributed by atoms with E-state index in [2.05, 4.69) is 5.32 Å². The van der Waals surface area contributed by atoms with Crippen LogP contribution in [0.2, 0.25) is 0 Å². The van der Waals surface area contributed by atoms with E-state index in [1.807, 2.05) is 29.2 Å². The number of hydrogen-bond donors (Lipinski definition) is 1. The zero-order chi connectivity index (χ0) is 17.6. The second-order valence-electron chi connectivity index (χ2n) is 7.12. The predicted molar refractivity (Wildman–Crippen MR) is 97.5 cm³/mol. The Bertz CT molecular complexity index is 603. The molecule has 1 saturated heterocycles. The molecule has 1 aliphatic heterocycles.